The second-order valence-corrected chi connectivity index (χ2v) is 7.20. The van der Waals surface area contributed by atoms with Gasteiger partial charge in [0.1, 0.15) is 17.2 Å². The molecule has 6 heteroatoms. The van der Waals surface area contributed by atoms with Crippen LogP contribution >= 0.6 is 0 Å². The summed E-state index contributed by atoms with van der Waals surface area (Å²) < 4.78 is 1.90. The minimum atomic E-state index is 0.0307. The largest absolute Gasteiger partial charge is 0.347 e. The quantitative estimate of drug-likeness (QED) is 0.764. The molecule has 1 fully saturated rings. The van der Waals surface area contributed by atoms with E-state index in [1.54, 1.807) is 12.4 Å². The van der Waals surface area contributed by atoms with Gasteiger partial charge < -0.3 is 9.88 Å². The molecular weight excluding hydrogens is 326 g/mol. The number of aromatic nitrogens is 4. The Morgan fingerprint density at radius 1 is 1.31 bits per heavy atom. The Bertz CT molecular complexity index is 877. The molecule has 0 saturated heterocycles. The van der Waals surface area contributed by atoms with Crippen LogP contribution in [0.25, 0.3) is 5.65 Å². The van der Waals surface area contributed by atoms with Gasteiger partial charge in [-0.3, -0.25) is 9.20 Å². The van der Waals surface area contributed by atoms with Gasteiger partial charge >= 0.3 is 0 Å². The van der Waals surface area contributed by atoms with Crippen molar-refractivity contribution in [3.05, 3.63) is 54.0 Å². The number of pyridine rings is 1. The lowest BCUT2D eigenvalue weighted by Gasteiger charge is -2.29. The minimum Gasteiger partial charge on any atom is -0.347 e. The molecule has 0 atom stereocenters. The van der Waals surface area contributed by atoms with Crippen molar-refractivity contribution >= 4 is 11.6 Å². The molecule has 0 spiro atoms. The molecule has 0 radical (unpaired) electrons. The lowest BCUT2D eigenvalue weighted by Crippen LogP contribution is -2.37. The number of aryl methyl sites for hydroxylation is 1. The van der Waals surface area contributed by atoms with Crippen LogP contribution in [0.2, 0.25) is 0 Å². The van der Waals surface area contributed by atoms with Crippen molar-refractivity contribution in [1.82, 2.24) is 24.3 Å². The molecule has 1 amide bonds. The zero-order valence-electron chi connectivity index (χ0n) is 15.2. The molecule has 0 aromatic carbocycles. The van der Waals surface area contributed by atoms with E-state index in [4.69, 9.17) is 0 Å². The lowest BCUT2D eigenvalue weighted by atomic mass is 9.89. The van der Waals surface area contributed by atoms with E-state index in [1.165, 1.54) is 32.1 Å². The maximum absolute atomic E-state index is 13.5. The van der Waals surface area contributed by atoms with Gasteiger partial charge in [0.15, 0.2) is 0 Å². The molecule has 26 heavy (non-hydrogen) atoms. The van der Waals surface area contributed by atoms with Gasteiger partial charge in [-0.1, -0.05) is 25.3 Å². The molecule has 1 N–H and O–H groups in total. The van der Waals surface area contributed by atoms with Gasteiger partial charge in [0.2, 0.25) is 0 Å². The number of nitrogens with one attached hydrogen (secondary N) is 1. The van der Waals surface area contributed by atoms with Crippen molar-refractivity contribution < 1.29 is 4.79 Å². The molecule has 4 rings (SSSR count). The monoisotopic (exact) mass is 351 g/mol. The Hall–Kier alpha value is -2.63. The maximum atomic E-state index is 13.5. The molecule has 3 aromatic heterocycles. The molecule has 0 unspecified atom stereocenters. The number of carbonyl (C=O) groups excluding carboxylic acids is 1. The number of nitrogens with zero attached hydrogens (tertiary/aromatic N) is 4. The fourth-order valence-corrected chi connectivity index (χ4v) is 3.99. The summed E-state index contributed by atoms with van der Waals surface area (Å²) >= 11 is 0. The molecule has 1 saturated carbocycles. The zero-order valence-corrected chi connectivity index (χ0v) is 15.2. The van der Waals surface area contributed by atoms with E-state index >= 15 is 0 Å². The number of rotatable bonds is 5. The predicted octanol–water partition coefficient (Wildman–Crippen LogP) is 3.59. The summed E-state index contributed by atoms with van der Waals surface area (Å²) in [5, 5.41) is 0. The third-order valence-electron chi connectivity index (χ3n) is 5.29. The maximum Gasteiger partial charge on any atom is 0.273 e. The fraction of sp³-hybridized carbons (Fsp3) is 0.450. The molecule has 1 aliphatic carbocycles. The topological polar surface area (TPSA) is 66.3 Å². The first kappa shape index (κ1) is 16.8. The van der Waals surface area contributed by atoms with Gasteiger partial charge in [0.05, 0.1) is 12.2 Å². The number of hydrogen-bond acceptors (Lipinski definition) is 3. The third kappa shape index (κ3) is 3.36. The van der Waals surface area contributed by atoms with Crippen LogP contribution in [0.3, 0.4) is 0 Å². The number of fused-ring (bicyclic) bond motifs is 1. The molecule has 136 valence electrons. The number of H-pyrrole nitrogens is 1. The number of hydrogen-bond donors (Lipinski definition) is 1. The standard InChI is InChI=1S/C20H25N5O/c1-15-19(25-12-6-5-9-18(25)23-15)20(26)24(14-17-21-10-11-22-17)13-16-7-3-2-4-8-16/h5-6,9-12,16H,2-4,7-8,13-14H2,1H3,(H,21,22). The second-order valence-electron chi connectivity index (χ2n) is 7.20. The van der Waals surface area contributed by atoms with Gasteiger partial charge in [-0.05, 0) is 37.8 Å². The zero-order chi connectivity index (χ0) is 17.9. The molecule has 3 aromatic rings. The van der Waals surface area contributed by atoms with Crippen LogP contribution in [0.15, 0.2) is 36.8 Å². The van der Waals surface area contributed by atoms with Crippen LogP contribution in [0.1, 0.15) is 54.1 Å². The molecule has 1 aliphatic rings. The first-order chi connectivity index (χ1) is 12.7. The number of carbonyl (C=O) groups is 1. The van der Waals surface area contributed by atoms with E-state index in [1.807, 2.05) is 40.6 Å². The molecule has 6 nitrogen and oxygen atoms in total. The summed E-state index contributed by atoms with van der Waals surface area (Å²) in [6.07, 6.45) is 11.7. The van der Waals surface area contributed by atoms with Crippen LogP contribution in [0, 0.1) is 12.8 Å². The van der Waals surface area contributed by atoms with E-state index in [0.717, 1.165) is 23.7 Å². The van der Waals surface area contributed by atoms with Crippen LogP contribution in [0.4, 0.5) is 0 Å². The summed E-state index contributed by atoms with van der Waals surface area (Å²) in [6, 6.07) is 5.81. The van der Waals surface area contributed by atoms with Crippen LogP contribution in [0.5, 0.6) is 0 Å². The summed E-state index contributed by atoms with van der Waals surface area (Å²) in [6.45, 7) is 3.19. The lowest BCUT2D eigenvalue weighted by molar-refractivity contribution is 0.0686. The Labute approximate surface area is 153 Å². The van der Waals surface area contributed by atoms with Gasteiger partial charge in [-0.25, -0.2) is 9.97 Å². The Morgan fingerprint density at radius 3 is 2.92 bits per heavy atom. The van der Waals surface area contributed by atoms with E-state index in [-0.39, 0.29) is 5.91 Å². The van der Waals surface area contributed by atoms with Crippen molar-refractivity contribution in [3.8, 4) is 0 Å². The van der Waals surface area contributed by atoms with Crippen LogP contribution in [-0.4, -0.2) is 36.7 Å². The van der Waals surface area contributed by atoms with E-state index in [2.05, 4.69) is 15.0 Å². The summed E-state index contributed by atoms with van der Waals surface area (Å²) in [7, 11) is 0. The van der Waals surface area contributed by atoms with Crippen molar-refractivity contribution in [2.24, 2.45) is 5.92 Å². The van der Waals surface area contributed by atoms with Crippen molar-refractivity contribution in [2.75, 3.05) is 6.54 Å². The van der Waals surface area contributed by atoms with Crippen molar-refractivity contribution in [1.29, 1.82) is 0 Å². The van der Waals surface area contributed by atoms with E-state index in [9.17, 15) is 4.79 Å². The fourth-order valence-electron chi connectivity index (χ4n) is 3.99. The first-order valence-electron chi connectivity index (χ1n) is 9.43. The Morgan fingerprint density at radius 2 is 2.15 bits per heavy atom. The average Bonchev–Trinajstić information content (AvgIpc) is 3.28. The summed E-state index contributed by atoms with van der Waals surface area (Å²) in [4.78, 5) is 27.4. The molecule has 3 heterocycles. The summed E-state index contributed by atoms with van der Waals surface area (Å²) in [5.74, 6) is 1.42. The highest BCUT2D eigenvalue weighted by molar-refractivity contribution is 5.94. The van der Waals surface area contributed by atoms with Gasteiger partial charge in [-0.15, -0.1) is 0 Å². The molecular formula is C20H25N5O. The predicted molar refractivity (Wildman–Crippen MR) is 99.8 cm³/mol. The van der Waals surface area contributed by atoms with Crippen molar-refractivity contribution in [3.63, 3.8) is 0 Å². The second kappa shape index (κ2) is 7.32. The van der Waals surface area contributed by atoms with E-state index < -0.39 is 0 Å². The molecule has 0 aliphatic heterocycles. The van der Waals surface area contributed by atoms with Crippen LogP contribution < -0.4 is 0 Å². The highest BCUT2D eigenvalue weighted by Gasteiger charge is 2.26. The number of aromatic amines is 1. The number of amides is 1. The van der Waals surface area contributed by atoms with E-state index in [0.29, 0.717) is 18.2 Å². The Kier molecular flexibility index (Phi) is 4.73. The smallest absolute Gasteiger partial charge is 0.273 e. The highest BCUT2D eigenvalue weighted by Crippen LogP contribution is 2.26. The van der Waals surface area contributed by atoms with Gasteiger partial charge in [-0.2, -0.15) is 0 Å². The first-order valence-corrected chi connectivity index (χ1v) is 9.43. The number of imidazole rings is 2. The minimum absolute atomic E-state index is 0.0307. The van der Waals surface area contributed by atoms with Gasteiger partial charge in [0.25, 0.3) is 5.91 Å². The summed E-state index contributed by atoms with van der Waals surface area (Å²) in [5.41, 5.74) is 2.24. The van der Waals surface area contributed by atoms with Crippen molar-refractivity contribution in [2.45, 2.75) is 45.6 Å². The third-order valence-corrected chi connectivity index (χ3v) is 5.29. The SMILES string of the molecule is Cc1nc2ccccn2c1C(=O)N(Cc1ncc[nH]1)CC1CCCCC1. The Balaban J connectivity index is 1.64. The van der Waals surface area contributed by atoms with Gasteiger partial charge in [0, 0.05) is 25.1 Å². The normalized spacial score (nSPS) is 15.4. The molecule has 0 bridgehead atoms. The van der Waals surface area contributed by atoms with Crippen LogP contribution in [-0.2, 0) is 6.54 Å². The average molecular weight is 351 g/mol. The highest BCUT2D eigenvalue weighted by atomic mass is 16.2.